The lowest BCUT2D eigenvalue weighted by Gasteiger charge is -2.34. The number of piperazine rings is 1. The fourth-order valence-electron chi connectivity index (χ4n) is 2.97. The van der Waals surface area contributed by atoms with Gasteiger partial charge in [-0.05, 0) is 43.0 Å². The Balaban J connectivity index is 1.37. The number of amides is 1. The predicted octanol–water partition coefficient (Wildman–Crippen LogP) is 4.28. The van der Waals surface area contributed by atoms with Gasteiger partial charge in [0.1, 0.15) is 0 Å². The zero-order chi connectivity index (χ0) is 17.5. The second kappa shape index (κ2) is 9.27. The van der Waals surface area contributed by atoms with Crippen molar-refractivity contribution >= 4 is 29.3 Å². The molecule has 1 aliphatic rings. The minimum atomic E-state index is 0.148. The standard InChI is InChI=1S/C20H23ClN2OS/c21-18-9-4-5-10-19(18)25-16-6-11-22-12-14-23(15-13-22)20(24)17-7-2-1-3-8-17/h1-5,7-10H,6,11-16H2. The smallest absolute Gasteiger partial charge is 0.253 e. The lowest BCUT2D eigenvalue weighted by molar-refractivity contribution is 0.0638. The van der Waals surface area contributed by atoms with Gasteiger partial charge in [0.15, 0.2) is 0 Å². The highest BCUT2D eigenvalue weighted by Crippen LogP contribution is 2.27. The predicted molar refractivity (Wildman–Crippen MR) is 106 cm³/mol. The number of thioether (sulfide) groups is 1. The molecule has 132 valence electrons. The van der Waals surface area contributed by atoms with Crippen molar-refractivity contribution in [1.29, 1.82) is 0 Å². The molecule has 1 amide bonds. The summed E-state index contributed by atoms with van der Waals surface area (Å²) in [4.78, 5) is 18.0. The number of halogens is 1. The van der Waals surface area contributed by atoms with Gasteiger partial charge in [-0.2, -0.15) is 0 Å². The summed E-state index contributed by atoms with van der Waals surface area (Å²) < 4.78 is 0. The quantitative estimate of drug-likeness (QED) is 0.557. The van der Waals surface area contributed by atoms with Crippen molar-refractivity contribution in [3.05, 3.63) is 65.2 Å². The van der Waals surface area contributed by atoms with Crippen molar-refractivity contribution in [2.24, 2.45) is 0 Å². The first kappa shape index (κ1) is 18.3. The Morgan fingerprint density at radius 1 is 0.960 bits per heavy atom. The Morgan fingerprint density at radius 2 is 1.64 bits per heavy atom. The van der Waals surface area contributed by atoms with E-state index in [1.54, 1.807) is 0 Å². The van der Waals surface area contributed by atoms with E-state index in [-0.39, 0.29) is 5.91 Å². The van der Waals surface area contributed by atoms with E-state index in [1.165, 1.54) is 0 Å². The summed E-state index contributed by atoms with van der Waals surface area (Å²) in [5.74, 6) is 1.21. The fourth-order valence-corrected chi connectivity index (χ4v) is 4.14. The Bertz CT molecular complexity index is 687. The van der Waals surface area contributed by atoms with Crippen LogP contribution in [-0.2, 0) is 0 Å². The van der Waals surface area contributed by atoms with E-state index in [1.807, 2.05) is 65.2 Å². The molecule has 5 heteroatoms. The van der Waals surface area contributed by atoms with Gasteiger partial charge in [0.25, 0.3) is 5.91 Å². The van der Waals surface area contributed by atoms with Crippen LogP contribution in [0, 0.1) is 0 Å². The van der Waals surface area contributed by atoms with Crippen LogP contribution in [0.5, 0.6) is 0 Å². The number of nitrogens with zero attached hydrogens (tertiary/aromatic N) is 2. The van der Waals surface area contributed by atoms with E-state index < -0.39 is 0 Å². The monoisotopic (exact) mass is 374 g/mol. The van der Waals surface area contributed by atoms with Crippen LogP contribution in [0.15, 0.2) is 59.5 Å². The minimum absolute atomic E-state index is 0.148. The number of rotatable bonds is 6. The van der Waals surface area contributed by atoms with Crippen LogP contribution in [0.2, 0.25) is 5.02 Å². The van der Waals surface area contributed by atoms with Gasteiger partial charge in [-0.25, -0.2) is 0 Å². The third kappa shape index (κ3) is 5.24. The molecule has 3 nitrogen and oxygen atoms in total. The highest BCUT2D eigenvalue weighted by molar-refractivity contribution is 7.99. The lowest BCUT2D eigenvalue weighted by atomic mass is 10.2. The Kier molecular flexibility index (Phi) is 6.79. The summed E-state index contributed by atoms with van der Waals surface area (Å²) in [6.07, 6.45) is 1.13. The van der Waals surface area contributed by atoms with Crippen molar-refractivity contribution in [1.82, 2.24) is 9.80 Å². The van der Waals surface area contributed by atoms with Gasteiger partial charge in [0, 0.05) is 36.6 Å². The largest absolute Gasteiger partial charge is 0.336 e. The first-order valence-electron chi connectivity index (χ1n) is 8.68. The van der Waals surface area contributed by atoms with E-state index in [2.05, 4.69) is 11.0 Å². The van der Waals surface area contributed by atoms with Crippen molar-refractivity contribution in [3.8, 4) is 0 Å². The molecule has 0 saturated carbocycles. The summed E-state index contributed by atoms with van der Waals surface area (Å²) in [5, 5.41) is 0.834. The highest BCUT2D eigenvalue weighted by Gasteiger charge is 2.21. The molecule has 1 heterocycles. The molecule has 0 unspecified atom stereocenters. The summed E-state index contributed by atoms with van der Waals surface area (Å²) in [6, 6.07) is 17.5. The molecule has 1 fully saturated rings. The van der Waals surface area contributed by atoms with Crippen LogP contribution in [0.25, 0.3) is 0 Å². The maximum atomic E-state index is 12.4. The molecule has 25 heavy (non-hydrogen) atoms. The van der Waals surface area contributed by atoms with E-state index in [0.717, 1.165) is 60.4 Å². The normalized spacial score (nSPS) is 15.3. The first-order valence-corrected chi connectivity index (χ1v) is 10.0. The Labute approximate surface area is 159 Å². The number of benzene rings is 2. The third-order valence-corrected chi connectivity index (χ3v) is 5.99. The molecule has 0 atom stereocenters. The highest BCUT2D eigenvalue weighted by atomic mass is 35.5. The maximum Gasteiger partial charge on any atom is 0.253 e. The summed E-state index contributed by atoms with van der Waals surface area (Å²) in [7, 11) is 0. The minimum Gasteiger partial charge on any atom is -0.336 e. The van der Waals surface area contributed by atoms with Crippen molar-refractivity contribution in [2.45, 2.75) is 11.3 Å². The van der Waals surface area contributed by atoms with Gasteiger partial charge in [0.2, 0.25) is 0 Å². The molecule has 0 N–H and O–H groups in total. The van der Waals surface area contributed by atoms with Crippen LogP contribution < -0.4 is 0 Å². The second-order valence-corrected chi connectivity index (χ2v) is 7.68. The Morgan fingerprint density at radius 3 is 2.36 bits per heavy atom. The molecule has 1 aliphatic heterocycles. The van der Waals surface area contributed by atoms with Gasteiger partial charge >= 0.3 is 0 Å². The zero-order valence-electron chi connectivity index (χ0n) is 14.2. The van der Waals surface area contributed by atoms with Crippen molar-refractivity contribution in [3.63, 3.8) is 0 Å². The molecular weight excluding hydrogens is 352 g/mol. The summed E-state index contributed by atoms with van der Waals surface area (Å²) in [5.41, 5.74) is 0.784. The molecule has 0 aromatic heterocycles. The SMILES string of the molecule is O=C(c1ccccc1)N1CCN(CCCSc2ccccc2Cl)CC1. The molecule has 0 bridgehead atoms. The van der Waals surface area contributed by atoms with Gasteiger partial charge in [-0.1, -0.05) is 41.9 Å². The van der Waals surface area contributed by atoms with Gasteiger partial charge < -0.3 is 4.90 Å². The zero-order valence-corrected chi connectivity index (χ0v) is 15.8. The number of carbonyl (C=O) groups excluding carboxylic acids is 1. The molecule has 0 radical (unpaired) electrons. The molecule has 1 saturated heterocycles. The molecule has 3 rings (SSSR count). The van der Waals surface area contributed by atoms with Crippen LogP contribution in [-0.4, -0.2) is 54.2 Å². The summed E-state index contributed by atoms with van der Waals surface area (Å²) in [6.45, 7) is 4.60. The maximum absolute atomic E-state index is 12.4. The van der Waals surface area contributed by atoms with Crippen molar-refractivity contribution in [2.75, 3.05) is 38.5 Å². The van der Waals surface area contributed by atoms with Crippen molar-refractivity contribution < 1.29 is 4.79 Å². The number of hydrogen-bond donors (Lipinski definition) is 0. The van der Waals surface area contributed by atoms with E-state index in [4.69, 9.17) is 11.6 Å². The lowest BCUT2D eigenvalue weighted by Crippen LogP contribution is -2.48. The van der Waals surface area contributed by atoms with Crippen LogP contribution >= 0.6 is 23.4 Å². The van der Waals surface area contributed by atoms with E-state index >= 15 is 0 Å². The molecule has 2 aromatic carbocycles. The molecule has 0 spiro atoms. The van der Waals surface area contributed by atoms with Crippen LogP contribution in [0.3, 0.4) is 0 Å². The van der Waals surface area contributed by atoms with Gasteiger partial charge in [-0.3, -0.25) is 9.69 Å². The number of carbonyl (C=O) groups is 1. The Hall–Kier alpha value is -1.49. The fraction of sp³-hybridized carbons (Fsp3) is 0.350. The average Bonchev–Trinajstić information content (AvgIpc) is 2.67. The van der Waals surface area contributed by atoms with E-state index in [0.29, 0.717) is 0 Å². The first-order chi connectivity index (χ1) is 12.2. The molecular formula is C20H23ClN2OS. The number of hydrogen-bond acceptors (Lipinski definition) is 3. The van der Waals surface area contributed by atoms with Crippen LogP contribution in [0.1, 0.15) is 16.8 Å². The van der Waals surface area contributed by atoms with Crippen LogP contribution in [0.4, 0.5) is 0 Å². The van der Waals surface area contributed by atoms with Gasteiger partial charge in [0.05, 0.1) is 5.02 Å². The molecule has 2 aromatic rings. The topological polar surface area (TPSA) is 23.6 Å². The average molecular weight is 375 g/mol. The van der Waals surface area contributed by atoms with E-state index in [9.17, 15) is 4.79 Å². The molecule has 0 aliphatic carbocycles. The second-order valence-electron chi connectivity index (χ2n) is 6.13. The summed E-state index contributed by atoms with van der Waals surface area (Å²) >= 11 is 7.99. The van der Waals surface area contributed by atoms with Gasteiger partial charge in [-0.15, -0.1) is 11.8 Å². The third-order valence-electron chi connectivity index (χ3n) is 4.39.